The summed E-state index contributed by atoms with van der Waals surface area (Å²) < 4.78 is 43.8. The van der Waals surface area contributed by atoms with Crippen LogP contribution in [0.5, 0.6) is 5.75 Å². The van der Waals surface area contributed by atoms with Gasteiger partial charge in [0.2, 0.25) is 11.9 Å². The first-order valence-corrected chi connectivity index (χ1v) is 12.4. The Hall–Kier alpha value is -3.23. The number of nitrogens with zero attached hydrogens (tertiary/aromatic N) is 2. The lowest BCUT2D eigenvalue weighted by molar-refractivity contribution is -0.274. The van der Waals surface area contributed by atoms with Gasteiger partial charge in [-0.25, -0.2) is 4.98 Å². The summed E-state index contributed by atoms with van der Waals surface area (Å²) in [5.41, 5.74) is 3.19. The standard InChI is InChI=1S/C27H31F3N4O2/c1-16-12-20(15-26(2,3)14-16)34-23-11-8-19(31-24(35)17-4-5-17)13-22(23)33-25(34)32-18-6-9-21(10-7-18)36-27(28,29)30/h6-11,13,16-17,20H,4-5,12,14-15H2,1-3H3,(H,31,35)(H,32,33)/t16-,20-/m1/s1. The second-order valence-corrected chi connectivity index (χ2v) is 11.0. The summed E-state index contributed by atoms with van der Waals surface area (Å²) in [5.74, 6) is 1.03. The van der Waals surface area contributed by atoms with Crippen molar-refractivity contribution in [2.24, 2.45) is 17.3 Å². The molecule has 5 rings (SSSR count). The summed E-state index contributed by atoms with van der Waals surface area (Å²) in [5, 5.41) is 6.29. The van der Waals surface area contributed by atoms with Crippen molar-refractivity contribution >= 4 is 34.3 Å². The second-order valence-electron chi connectivity index (χ2n) is 11.0. The lowest BCUT2D eigenvalue weighted by atomic mass is 9.70. The Morgan fingerprint density at radius 1 is 1.08 bits per heavy atom. The Morgan fingerprint density at radius 2 is 1.78 bits per heavy atom. The van der Waals surface area contributed by atoms with E-state index in [-0.39, 0.29) is 29.0 Å². The van der Waals surface area contributed by atoms with Crippen molar-refractivity contribution in [1.29, 1.82) is 0 Å². The average Bonchev–Trinajstić information content (AvgIpc) is 3.54. The largest absolute Gasteiger partial charge is 0.573 e. The third-order valence-electron chi connectivity index (χ3n) is 6.98. The fourth-order valence-electron chi connectivity index (χ4n) is 5.59. The van der Waals surface area contributed by atoms with E-state index in [2.05, 4.69) is 40.7 Å². The van der Waals surface area contributed by atoms with Crippen LogP contribution in [0.15, 0.2) is 42.5 Å². The number of ether oxygens (including phenoxy) is 1. The van der Waals surface area contributed by atoms with Crippen molar-refractivity contribution in [2.45, 2.75) is 65.3 Å². The molecule has 0 unspecified atom stereocenters. The zero-order valence-electron chi connectivity index (χ0n) is 20.7. The zero-order valence-corrected chi connectivity index (χ0v) is 20.7. The van der Waals surface area contributed by atoms with Gasteiger partial charge in [0.05, 0.1) is 11.0 Å². The van der Waals surface area contributed by atoms with E-state index in [4.69, 9.17) is 4.98 Å². The molecule has 0 bridgehead atoms. The van der Waals surface area contributed by atoms with Crippen LogP contribution >= 0.6 is 0 Å². The van der Waals surface area contributed by atoms with Gasteiger partial charge in [0.15, 0.2) is 0 Å². The Bertz CT molecular complexity index is 1260. The van der Waals surface area contributed by atoms with Gasteiger partial charge in [-0.05, 0) is 85.9 Å². The quantitative estimate of drug-likeness (QED) is 0.370. The Morgan fingerprint density at radius 3 is 2.42 bits per heavy atom. The molecule has 2 saturated carbocycles. The molecule has 0 spiro atoms. The maximum Gasteiger partial charge on any atom is 0.573 e. The molecular formula is C27H31F3N4O2. The van der Waals surface area contributed by atoms with Crippen LogP contribution in [0.25, 0.3) is 11.0 Å². The molecule has 2 N–H and O–H groups in total. The molecule has 192 valence electrons. The monoisotopic (exact) mass is 500 g/mol. The van der Waals surface area contributed by atoms with E-state index in [0.29, 0.717) is 23.2 Å². The third-order valence-corrected chi connectivity index (χ3v) is 6.98. The molecule has 9 heteroatoms. The second kappa shape index (κ2) is 9.01. The van der Waals surface area contributed by atoms with Gasteiger partial charge in [-0.1, -0.05) is 20.8 Å². The minimum absolute atomic E-state index is 0.0381. The molecule has 6 nitrogen and oxygen atoms in total. The average molecular weight is 501 g/mol. The normalized spacial score (nSPS) is 21.8. The first-order chi connectivity index (χ1) is 17.0. The van der Waals surface area contributed by atoms with Crippen molar-refractivity contribution < 1.29 is 22.7 Å². The highest BCUT2D eigenvalue weighted by molar-refractivity contribution is 5.96. The number of carbonyl (C=O) groups is 1. The smallest absolute Gasteiger partial charge is 0.406 e. The summed E-state index contributed by atoms with van der Waals surface area (Å²) in [7, 11) is 0. The molecule has 2 aliphatic carbocycles. The van der Waals surface area contributed by atoms with E-state index in [1.54, 1.807) is 12.1 Å². The van der Waals surface area contributed by atoms with Crippen LogP contribution in [0, 0.1) is 17.3 Å². The fourth-order valence-corrected chi connectivity index (χ4v) is 5.59. The van der Waals surface area contributed by atoms with Crippen molar-refractivity contribution in [1.82, 2.24) is 9.55 Å². The van der Waals surface area contributed by atoms with Crippen molar-refractivity contribution in [2.75, 3.05) is 10.6 Å². The Kier molecular flexibility index (Phi) is 6.12. The Labute approximate surface area is 208 Å². The molecule has 0 radical (unpaired) electrons. The van der Waals surface area contributed by atoms with Crippen LogP contribution in [0.4, 0.5) is 30.5 Å². The van der Waals surface area contributed by atoms with E-state index < -0.39 is 6.36 Å². The van der Waals surface area contributed by atoms with Crippen LogP contribution in [-0.2, 0) is 4.79 Å². The molecule has 36 heavy (non-hydrogen) atoms. The summed E-state index contributed by atoms with van der Waals surface area (Å²) in [6, 6.07) is 11.6. The highest BCUT2D eigenvalue weighted by Gasteiger charge is 2.35. The molecular weight excluding hydrogens is 469 g/mol. The number of rotatable bonds is 6. The molecule has 1 aromatic heterocycles. The maximum absolute atomic E-state index is 12.5. The number of aromatic nitrogens is 2. The van der Waals surface area contributed by atoms with E-state index in [0.717, 1.165) is 43.1 Å². The topological polar surface area (TPSA) is 68.2 Å². The van der Waals surface area contributed by atoms with Crippen LogP contribution in [0.1, 0.15) is 58.9 Å². The minimum Gasteiger partial charge on any atom is -0.406 e. The summed E-state index contributed by atoms with van der Waals surface area (Å²) in [6.45, 7) is 6.84. The van der Waals surface area contributed by atoms with Gasteiger partial charge in [0, 0.05) is 23.3 Å². The number of anilines is 3. The molecule has 1 heterocycles. The van der Waals surface area contributed by atoms with Gasteiger partial charge in [0.25, 0.3) is 0 Å². The Balaban J connectivity index is 1.49. The predicted octanol–water partition coefficient (Wildman–Crippen LogP) is 7.41. The number of halogens is 3. The lowest BCUT2D eigenvalue weighted by Crippen LogP contribution is -2.29. The van der Waals surface area contributed by atoms with Gasteiger partial charge < -0.3 is 19.9 Å². The van der Waals surface area contributed by atoms with Gasteiger partial charge in [-0.2, -0.15) is 0 Å². The number of benzene rings is 2. The molecule has 2 aliphatic rings. The number of imidazole rings is 1. The fraction of sp³-hybridized carbons (Fsp3) is 0.481. The highest BCUT2D eigenvalue weighted by atomic mass is 19.4. The molecule has 2 aromatic carbocycles. The van der Waals surface area contributed by atoms with Gasteiger partial charge in [-0.3, -0.25) is 4.79 Å². The minimum atomic E-state index is -4.74. The van der Waals surface area contributed by atoms with Crippen molar-refractivity contribution in [3.63, 3.8) is 0 Å². The number of nitrogens with one attached hydrogen (secondary N) is 2. The number of carbonyl (C=O) groups excluding carboxylic acids is 1. The number of amides is 1. The third kappa shape index (κ3) is 5.60. The highest BCUT2D eigenvalue weighted by Crippen LogP contribution is 2.46. The number of hydrogen-bond donors (Lipinski definition) is 2. The van der Waals surface area contributed by atoms with E-state index in [1.165, 1.54) is 12.1 Å². The zero-order chi connectivity index (χ0) is 25.7. The molecule has 3 aromatic rings. The maximum atomic E-state index is 12.5. The van der Waals surface area contributed by atoms with E-state index >= 15 is 0 Å². The molecule has 1 amide bonds. The molecule has 2 fully saturated rings. The lowest BCUT2D eigenvalue weighted by Gasteiger charge is -2.40. The summed E-state index contributed by atoms with van der Waals surface area (Å²) in [6.07, 6.45) is 0.257. The van der Waals surface area contributed by atoms with Crippen molar-refractivity contribution in [3.8, 4) is 5.75 Å². The van der Waals surface area contributed by atoms with Crippen LogP contribution in [0.2, 0.25) is 0 Å². The first kappa shape index (κ1) is 24.5. The molecule has 0 saturated heterocycles. The summed E-state index contributed by atoms with van der Waals surface area (Å²) in [4.78, 5) is 17.1. The SMILES string of the molecule is C[C@@H]1C[C@@H](n2c(Nc3ccc(OC(F)(F)F)cc3)nc3cc(NC(=O)C4CC4)ccc32)CC(C)(C)C1. The molecule has 2 atom stereocenters. The van der Waals surface area contributed by atoms with E-state index in [1.807, 2.05) is 18.2 Å². The predicted molar refractivity (Wildman–Crippen MR) is 133 cm³/mol. The van der Waals surface area contributed by atoms with Crippen LogP contribution < -0.4 is 15.4 Å². The van der Waals surface area contributed by atoms with Crippen molar-refractivity contribution in [3.05, 3.63) is 42.5 Å². The summed E-state index contributed by atoms with van der Waals surface area (Å²) >= 11 is 0. The first-order valence-electron chi connectivity index (χ1n) is 12.4. The van der Waals surface area contributed by atoms with Gasteiger partial charge in [0.1, 0.15) is 5.75 Å². The number of hydrogen-bond acceptors (Lipinski definition) is 4. The van der Waals surface area contributed by atoms with Crippen LogP contribution in [-0.4, -0.2) is 21.8 Å². The van der Waals surface area contributed by atoms with Gasteiger partial charge in [-0.15, -0.1) is 13.2 Å². The van der Waals surface area contributed by atoms with Gasteiger partial charge >= 0.3 is 6.36 Å². The van der Waals surface area contributed by atoms with E-state index in [9.17, 15) is 18.0 Å². The number of alkyl halides is 3. The molecule has 0 aliphatic heterocycles. The number of fused-ring (bicyclic) bond motifs is 1. The van der Waals surface area contributed by atoms with Crippen LogP contribution in [0.3, 0.4) is 0 Å².